The van der Waals surface area contributed by atoms with Crippen LogP contribution in [-0.2, 0) is 4.74 Å². The van der Waals surface area contributed by atoms with Crippen LogP contribution >= 0.6 is 11.8 Å². The van der Waals surface area contributed by atoms with Gasteiger partial charge in [-0.15, -0.1) is 0 Å². The van der Waals surface area contributed by atoms with Gasteiger partial charge in [0, 0.05) is 18.3 Å². The second-order valence-electron chi connectivity index (χ2n) is 6.32. The minimum atomic E-state index is -0.494. The first-order valence-corrected chi connectivity index (χ1v) is 8.44. The Balaban J connectivity index is 1.94. The summed E-state index contributed by atoms with van der Waals surface area (Å²) >= 11 is 1.44. The van der Waals surface area contributed by atoms with Crippen LogP contribution in [-0.4, -0.2) is 44.9 Å². The van der Waals surface area contributed by atoms with Crippen molar-refractivity contribution in [2.75, 3.05) is 12.3 Å². The van der Waals surface area contributed by atoms with E-state index in [1.165, 1.54) is 11.8 Å². The number of hydrogen-bond donors (Lipinski definition) is 0. The summed E-state index contributed by atoms with van der Waals surface area (Å²) < 4.78 is 18.3. The molecule has 0 spiro atoms. The maximum Gasteiger partial charge on any atom is 0.410 e. The lowest BCUT2D eigenvalue weighted by molar-refractivity contribution is 0.0125. The summed E-state index contributed by atoms with van der Waals surface area (Å²) in [6.45, 7) is 6.31. The molecule has 0 aliphatic carbocycles. The fourth-order valence-corrected chi connectivity index (χ4v) is 3.22. The van der Waals surface area contributed by atoms with Crippen molar-refractivity contribution in [2.24, 2.45) is 0 Å². The lowest BCUT2D eigenvalue weighted by atomic mass is 10.0. The third kappa shape index (κ3) is 5.12. The Bertz CT molecular complexity index is 505. The number of amides is 1. The molecule has 1 saturated heterocycles. The number of piperidine rings is 1. The van der Waals surface area contributed by atoms with Crippen LogP contribution in [0.1, 0.15) is 40.0 Å². The summed E-state index contributed by atoms with van der Waals surface area (Å²) in [5.41, 5.74) is -0.494. The molecule has 1 aromatic heterocycles. The zero-order chi connectivity index (χ0) is 16.2. The number of carbonyl (C=O) groups excluding carboxylic acids is 1. The Hall–Kier alpha value is -1.37. The van der Waals surface area contributed by atoms with Crippen LogP contribution in [0.4, 0.5) is 9.18 Å². The molecule has 22 heavy (non-hydrogen) atoms. The van der Waals surface area contributed by atoms with Crippen LogP contribution in [0.3, 0.4) is 0 Å². The van der Waals surface area contributed by atoms with Gasteiger partial charge in [-0.05, 0) is 40.0 Å². The SMILES string of the molecule is CC(C)(C)OC(=O)N1CCCCC1CSc1ncc(F)cn1. The van der Waals surface area contributed by atoms with Crippen molar-refractivity contribution in [2.45, 2.75) is 56.8 Å². The van der Waals surface area contributed by atoms with E-state index in [9.17, 15) is 9.18 Å². The summed E-state index contributed by atoms with van der Waals surface area (Å²) in [4.78, 5) is 22.0. The zero-order valence-electron chi connectivity index (χ0n) is 13.2. The van der Waals surface area contributed by atoms with Gasteiger partial charge in [-0.2, -0.15) is 0 Å². The molecule has 7 heteroatoms. The lowest BCUT2D eigenvalue weighted by Gasteiger charge is -2.36. The number of halogens is 1. The molecule has 1 atom stereocenters. The van der Waals surface area contributed by atoms with Crippen molar-refractivity contribution >= 4 is 17.9 Å². The van der Waals surface area contributed by atoms with Crippen molar-refractivity contribution in [1.29, 1.82) is 0 Å². The average Bonchev–Trinajstić information content (AvgIpc) is 2.45. The van der Waals surface area contributed by atoms with Gasteiger partial charge in [0.15, 0.2) is 11.0 Å². The number of nitrogens with zero attached hydrogens (tertiary/aromatic N) is 3. The third-order valence-corrected chi connectivity index (χ3v) is 4.28. The molecule has 0 radical (unpaired) electrons. The summed E-state index contributed by atoms with van der Waals surface area (Å²) in [7, 11) is 0. The van der Waals surface area contributed by atoms with Crippen LogP contribution in [0, 0.1) is 5.82 Å². The van der Waals surface area contributed by atoms with Crippen molar-refractivity contribution in [3.63, 3.8) is 0 Å². The van der Waals surface area contributed by atoms with E-state index in [0.717, 1.165) is 31.7 Å². The molecule has 0 aromatic carbocycles. The van der Waals surface area contributed by atoms with Gasteiger partial charge < -0.3 is 9.64 Å². The van der Waals surface area contributed by atoms with Crippen LogP contribution in [0.15, 0.2) is 17.6 Å². The highest BCUT2D eigenvalue weighted by atomic mass is 32.2. The first kappa shape index (κ1) is 17.0. The first-order chi connectivity index (χ1) is 10.3. The third-order valence-electron chi connectivity index (χ3n) is 3.26. The topological polar surface area (TPSA) is 55.3 Å². The van der Waals surface area contributed by atoms with Crippen LogP contribution in [0.2, 0.25) is 0 Å². The fraction of sp³-hybridized carbons (Fsp3) is 0.667. The minimum absolute atomic E-state index is 0.0993. The Morgan fingerprint density at radius 1 is 1.41 bits per heavy atom. The molecule has 2 heterocycles. The van der Waals surface area contributed by atoms with E-state index in [1.54, 1.807) is 4.90 Å². The van der Waals surface area contributed by atoms with E-state index in [4.69, 9.17) is 4.74 Å². The fourth-order valence-electron chi connectivity index (χ4n) is 2.28. The van der Waals surface area contributed by atoms with Crippen LogP contribution in [0.5, 0.6) is 0 Å². The predicted octanol–water partition coefficient (Wildman–Crippen LogP) is 3.50. The molecule has 1 aliphatic heterocycles. The molecule has 1 aromatic rings. The summed E-state index contributed by atoms with van der Waals surface area (Å²) in [5, 5.41) is 0.524. The molecular weight excluding hydrogens is 305 g/mol. The normalized spacial score (nSPS) is 19.1. The molecule has 5 nitrogen and oxygen atoms in total. The number of likely N-dealkylation sites (tertiary alicyclic amines) is 1. The summed E-state index contributed by atoms with van der Waals surface area (Å²) in [6.07, 6.45) is 5.07. The van der Waals surface area contributed by atoms with Crippen molar-refractivity contribution in [3.05, 3.63) is 18.2 Å². The Kier molecular flexibility index (Phi) is 5.61. The molecule has 1 fully saturated rings. The maximum absolute atomic E-state index is 12.8. The lowest BCUT2D eigenvalue weighted by Crippen LogP contribution is -2.47. The molecule has 1 aliphatic rings. The molecule has 0 saturated carbocycles. The Labute approximate surface area is 134 Å². The van der Waals surface area contributed by atoms with Gasteiger partial charge in [-0.3, -0.25) is 0 Å². The average molecular weight is 327 g/mol. The highest BCUT2D eigenvalue weighted by Gasteiger charge is 2.30. The predicted molar refractivity (Wildman–Crippen MR) is 83.3 cm³/mol. The Morgan fingerprint density at radius 2 is 2.09 bits per heavy atom. The summed E-state index contributed by atoms with van der Waals surface area (Å²) in [5.74, 6) is 0.239. The van der Waals surface area contributed by atoms with E-state index in [-0.39, 0.29) is 12.1 Å². The second kappa shape index (κ2) is 7.26. The molecule has 122 valence electrons. The van der Waals surface area contributed by atoms with Gasteiger partial charge >= 0.3 is 6.09 Å². The highest BCUT2D eigenvalue weighted by molar-refractivity contribution is 7.99. The number of thioether (sulfide) groups is 1. The standard InChI is InChI=1S/C15H22FN3O2S/c1-15(2,3)21-14(20)19-7-5-4-6-12(19)10-22-13-17-8-11(16)9-18-13/h8-9,12H,4-7,10H2,1-3H3. The van der Waals surface area contributed by atoms with Crippen molar-refractivity contribution < 1.29 is 13.9 Å². The zero-order valence-corrected chi connectivity index (χ0v) is 14.0. The van der Waals surface area contributed by atoms with E-state index in [0.29, 0.717) is 17.5 Å². The number of rotatable bonds is 3. The van der Waals surface area contributed by atoms with Gasteiger partial charge in [-0.1, -0.05) is 11.8 Å². The van der Waals surface area contributed by atoms with E-state index in [1.807, 2.05) is 20.8 Å². The number of carbonyl (C=O) groups is 1. The minimum Gasteiger partial charge on any atom is -0.444 e. The number of hydrogen-bond acceptors (Lipinski definition) is 5. The maximum atomic E-state index is 12.8. The smallest absolute Gasteiger partial charge is 0.410 e. The monoisotopic (exact) mass is 327 g/mol. The van der Waals surface area contributed by atoms with Gasteiger partial charge in [-0.25, -0.2) is 19.2 Å². The van der Waals surface area contributed by atoms with Gasteiger partial charge in [0.05, 0.1) is 12.4 Å². The molecule has 1 amide bonds. The molecule has 0 bridgehead atoms. The van der Waals surface area contributed by atoms with E-state index >= 15 is 0 Å². The van der Waals surface area contributed by atoms with Crippen LogP contribution in [0.25, 0.3) is 0 Å². The second-order valence-corrected chi connectivity index (χ2v) is 7.31. The highest BCUT2D eigenvalue weighted by Crippen LogP contribution is 2.25. The number of ether oxygens (including phenoxy) is 1. The first-order valence-electron chi connectivity index (χ1n) is 7.45. The van der Waals surface area contributed by atoms with E-state index in [2.05, 4.69) is 9.97 Å². The molecule has 0 N–H and O–H groups in total. The number of aromatic nitrogens is 2. The van der Waals surface area contributed by atoms with Gasteiger partial charge in [0.2, 0.25) is 0 Å². The Morgan fingerprint density at radius 3 is 2.73 bits per heavy atom. The van der Waals surface area contributed by atoms with Gasteiger partial charge in [0.25, 0.3) is 0 Å². The van der Waals surface area contributed by atoms with Crippen LogP contribution < -0.4 is 0 Å². The quantitative estimate of drug-likeness (QED) is 0.628. The summed E-state index contributed by atoms with van der Waals surface area (Å²) in [6, 6.07) is 0.0993. The molecular formula is C15H22FN3O2S. The largest absolute Gasteiger partial charge is 0.444 e. The van der Waals surface area contributed by atoms with E-state index < -0.39 is 11.4 Å². The van der Waals surface area contributed by atoms with Crippen molar-refractivity contribution in [1.82, 2.24) is 14.9 Å². The molecule has 2 rings (SSSR count). The van der Waals surface area contributed by atoms with Crippen molar-refractivity contribution in [3.8, 4) is 0 Å². The van der Waals surface area contributed by atoms with Gasteiger partial charge in [0.1, 0.15) is 5.60 Å². The molecule has 1 unspecified atom stereocenters.